The van der Waals surface area contributed by atoms with Gasteiger partial charge in [-0.05, 0) is 48.0 Å². The van der Waals surface area contributed by atoms with E-state index < -0.39 is 24.5 Å². The first kappa shape index (κ1) is 24.6. The van der Waals surface area contributed by atoms with Gasteiger partial charge in [0.1, 0.15) is 25.0 Å². The molecular formula is C27H23ClN2O7. The number of nitrogens with zero attached hydrogens (tertiary/aromatic N) is 2. The van der Waals surface area contributed by atoms with E-state index in [1.165, 1.54) is 11.3 Å². The van der Waals surface area contributed by atoms with Crippen molar-refractivity contribution >= 4 is 35.0 Å². The summed E-state index contributed by atoms with van der Waals surface area (Å²) in [5.41, 5.74) is 1.92. The second-order valence-electron chi connectivity index (χ2n) is 8.47. The minimum absolute atomic E-state index is 0.0652. The first-order chi connectivity index (χ1) is 18.0. The summed E-state index contributed by atoms with van der Waals surface area (Å²) in [5, 5.41) is 6.35. The Labute approximate surface area is 217 Å². The zero-order valence-electron chi connectivity index (χ0n) is 19.7. The molecule has 2 aliphatic heterocycles. The second kappa shape index (κ2) is 10.9. The average molecular weight is 523 g/mol. The quantitative estimate of drug-likeness (QED) is 0.314. The average Bonchev–Trinajstić information content (AvgIpc) is 3.61. The number of ether oxygens (including phenoxy) is 3. The van der Waals surface area contributed by atoms with Gasteiger partial charge < -0.3 is 18.6 Å². The van der Waals surface area contributed by atoms with Crippen molar-refractivity contribution in [2.24, 2.45) is 5.10 Å². The highest BCUT2D eigenvalue weighted by Gasteiger charge is 2.35. The maximum atomic E-state index is 13.0. The number of hydrazone groups is 1. The van der Waals surface area contributed by atoms with E-state index in [1.807, 2.05) is 12.1 Å². The third kappa shape index (κ3) is 5.67. The Hall–Kier alpha value is -4.11. The number of esters is 1. The van der Waals surface area contributed by atoms with Gasteiger partial charge in [0, 0.05) is 23.4 Å². The molecule has 0 aliphatic carbocycles. The maximum Gasteiger partial charge on any atom is 0.306 e. The van der Waals surface area contributed by atoms with Crippen LogP contribution in [0.3, 0.4) is 0 Å². The normalized spacial score (nSPS) is 16.3. The molecule has 5 rings (SSSR count). The van der Waals surface area contributed by atoms with Crippen molar-refractivity contribution in [1.29, 1.82) is 0 Å². The topological polar surface area (TPSA) is 108 Å². The van der Waals surface area contributed by atoms with Crippen molar-refractivity contribution < 1.29 is 33.0 Å². The minimum atomic E-state index is -0.658. The van der Waals surface area contributed by atoms with Crippen LogP contribution in [-0.4, -0.2) is 48.2 Å². The summed E-state index contributed by atoms with van der Waals surface area (Å²) in [7, 11) is 0. The Kier molecular flexibility index (Phi) is 7.23. The Bertz CT molecular complexity index is 1340. The highest BCUT2D eigenvalue weighted by molar-refractivity contribution is 6.30. The number of carbonyl (C=O) groups excluding carboxylic acids is 3. The molecule has 190 valence electrons. The molecule has 0 fully saturated rings. The Balaban J connectivity index is 1.18. The third-order valence-electron chi connectivity index (χ3n) is 5.99. The molecule has 2 aliphatic rings. The lowest BCUT2D eigenvalue weighted by molar-refractivity contribution is -0.152. The number of amides is 1. The molecule has 37 heavy (non-hydrogen) atoms. The molecule has 1 aromatic heterocycles. The molecule has 0 bridgehead atoms. The van der Waals surface area contributed by atoms with Crippen LogP contribution in [0.2, 0.25) is 5.02 Å². The van der Waals surface area contributed by atoms with Gasteiger partial charge in [-0.25, -0.2) is 5.01 Å². The number of hydrogen-bond donors (Lipinski definition) is 0. The number of hydrogen-bond acceptors (Lipinski definition) is 8. The van der Waals surface area contributed by atoms with E-state index in [1.54, 1.807) is 42.5 Å². The van der Waals surface area contributed by atoms with Crippen molar-refractivity contribution in [2.45, 2.75) is 25.3 Å². The number of furan rings is 1. The van der Waals surface area contributed by atoms with Crippen LogP contribution in [0.1, 0.15) is 47.0 Å². The number of carbonyl (C=O) groups is 3. The lowest BCUT2D eigenvalue weighted by atomic mass is 10.0. The molecule has 3 aromatic rings. The van der Waals surface area contributed by atoms with Gasteiger partial charge in [0.2, 0.25) is 0 Å². The fourth-order valence-electron chi connectivity index (χ4n) is 4.12. The molecule has 0 spiro atoms. The predicted octanol–water partition coefficient (Wildman–Crippen LogP) is 4.59. The molecule has 0 saturated carbocycles. The number of halogens is 1. The van der Waals surface area contributed by atoms with Gasteiger partial charge in [0.15, 0.2) is 23.9 Å². The summed E-state index contributed by atoms with van der Waals surface area (Å²) >= 11 is 5.99. The van der Waals surface area contributed by atoms with Crippen LogP contribution in [-0.2, 0) is 14.3 Å². The van der Waals surface area contributed by atoms with Crippen LogP contribution in [0, 0.1) is 0 Å². The van der Waals surface area contributed by atoms with Gasteiger partial charge in [-0.3, -0.25) is 14.4 Å². The zero-order chi connectivity index (χ0) is 25.8. The highest BCUT2D eigenvalue weighted by Crippen LogP contribution is 2.34. The molecule has 0 N–H and O–H groups in total. The largest absolute Gasteiger partial charge is 0.486 e. The van der Waals surface area contributed by atoms with Crippen molar-refractivity contribution in [3.8, 4) is 11.5 Å². The zero-order valence-corrected chi connectivity index (χ0v) is 20.5. The summed E-state index contributed by atoms with van der Waals surface area (Å²) in [6.45, 7) is 0.359. The van der Waals surface area contributed by atoms with Crippen LogP contribution < -0.4 is 9.47 Å². The van der Waals surface area contributed by atoms with Crippen LogP contribution in [0.4, 0.5) is 0 Å². The van der Waals surface area contributed by atoms with E-state index in [2.05, 4.69) is 5.10 Å². The molecule has 3 heterocycles. The van der Waals surface area contributed by atoms with E-state index in [4.69, 9.17) is 30.2 Å². The van der Waals surface area contributed by atoms with Gasteiger partial charge >= 0.3 is 5.97 Å². The number of fused-ring (bicyclic) bond motifs is 1. The van der Waals surface area contributed by atoms with Gasteiger partial charge in [-0.15, -0.1) is 0 Å². The number of benzene rings is 2. The molecule has 1 amide bonds. The van der Waals surface area contributed by atoms with Gasteiger partial charge in [-0.1, -0.05) is 23.7 Å². The van der Waals surface area contributed by atoms with E-state index in [9.17, 15) is 14.4 Å². The van der Waals surface area contributed by atoms with Crippen LogP contribution in [0.15, 0.2) is 70.4 Å². The molecule has 10 heteroatoms. The smallest absolute Gasteiger partial charge is 0.306 e. The fraction of sp³-hybridized carbons (Fsp3) is 0.259. The summed E-state index contributed by atoms with van der Waals surface area (Å²) in [5.74, 6) is 0.247. The number of Topliss-reactive ketones (excluding diaryl/α,β-unsaturated/α-hetero) is 1. The fourth-order valence-corrected chi connectivity index (χ4v) is 4.24. The predicted molar refractivity (Wildman–Crippen MR) is 133 cm³/mol. The summed E-state index contributed by atoms with van der Waals surface area (Å²) in [4.78, 5) is 37.8. The standard InChI is InChI=1S/C27H23ClN2O7/c28-19-6-3-17(4-7-19)20-15-21(23-2-1-11-34-23)30(29-20)26(32)16-37-27(33)10-8-22(31)18-5-9-24-25(14-18)36-13-12-35-24/h1-7,9,11,14,21H,8,10,12-13,15-16H2/t21-/m0/s1. The molecule has 1 atom stereocenters. The van der Waals surface area contributed by atoms with Gasteiger partial charge in [0.25, 0.3) is 5.91 Å². The van der Waals surface area contributed by atoms with Crippen molar-refractivity contribution in [3.05, 3.63) is 82.8 Å². The van der Waals surface area contributed by atoms with E-state index in [-0.39, 0.29) is 18.6 Å². The summed E-state index contributed by atoms with van der Waals surface area (Å²) in [6.07, 6.45) is 1.72. The highest BCUT2D eigenvalue weighted by atomic mass is 35.5. The second-order valence-corrected chi connectivity index (χ2v) is 8.91. The Morgan fingerprint density at radius 3 is 2.54 bits per heavy atom. The Morgan fingerprint density at radius 2 is 1.78 bits per heavy atom. The van der Waals surface area contributed by atoms with Crippen LogP contribution in [0.5, 0.6) is 11.5 Å². The van der Waals surface area contributed by atoms with E-state index in [0.29, 0.717) is 53.2 Å². The van der Waals surface area contributed by atoms with Crippen molar-refractivity contribution in [1.82, 2.24) is 5.01 Å². The number of rotatable bonds is 8. The Morgan fingerprint density at radius 1 is 1.00 bits per heavy atom. The summed E-state index contributed by atoms with van der Waals surface area (Å²) in [6, 6.07) is 15.1. The van der Waals surface area contributed by atoms with Crippen LogP contribution >= 0.6 is 11.6 Å². The molecule has 2 aromatic carbocycles. The van der Waals surface area contributed by atoms with E-state index in [0.717, 1.165) is 5.56 Å². The lowest BCUT2D eigenvalue weighted by Crippen LogP contribution is -2.31. The molecule has 9 nitrogen and oxygen atoms in total. The molecule has 0 radical (unpaired) electrons. The van der Waals surface area contributed by atoms with E-state index >= 15 is 0 Å². The van der Waals surface area contributed by atoms with Crippen molar-refractivity contribution in [3.63, 3.8) is 0 Å². The molecule has 0 unspecified atom stereocenters. The molecule has 0 saturated heterocycles. The molecular weight excluding hydrogens is 500 g/mol. The van der Waals surface area contributed by atoms with Gasteiger partial charge in [-0.2, -0.15) is 5.10 Å². The van der Waals surface area contributed by atoms with Crippen molar-refractivity contribution in [2.75, 3.05) is 19.8 Å². The first-order valence-electron chi connectivity index (χ1n) is 11.8. The maximum absolute atomic E-state index is 13.0. The number of ketones is 1. The third-order valence-corrected chi connectivity index (χ3v) is 6.24. The van der Waals surface area contributed by atoms with Crippen LogP contribution in [0.25, 0.3) is 0 Å². The first-order valence-corrected chi connectivity index (χ1v) is 12.1. The SMILES string of the molecule is O=C(CCC(=O)c1ccc2c(c1)OCCO2)OCC(=O)N1N=C(c2ccc(Cl)cc2)C[C@H]1c1ccco1. The minimum Gasteiger partial charge on any atom is -0.486 e. The lowest BCUT2D eigenvalue weighted by Gasteiger charge is -2.19. The monoisotopic (exact) mass is 522 g/mol. The van der Waals surface area contributed by atoms with Gasteiger partial charge in [0.05, 0.1) is 18.4 Å². The summed E-state index contributed by atoms with van der Waals surface area (Å²) < 4.78 is 21.6.